The molecule has 2 aromatic rings. The second-order valence-electron chi connectivity index (χ2n) is 2.48. The van der Waals surface area contributed by atoms with Crippen LogP contribution in [-0.2, 0) is 6.54 Å². The van der Waals surface area contributed by atoms with E-state index in [0.29, 0.717) is 11.7 Å². The van der Waals surface area contributed by atoms with Gasteiger partial charge in [0.2, 0.25) is 11.1 Å². The van der Waals surface area contributed by atoms with Gasteiger partial charge in [0.1, 0.15) is 0 Å². The molecular weight excluding hydrogens is 222 g/mol. The van der Waals surface area contributed by atoms with Crippen LogP contribution in [0.25, 0.3) is 0 Å². The number of aromatic nitrogens is 3. The molecule has 0 saturated heterocycles. The van der Waals surface area contributed by atoms with E-state index in [9.17, 15) is 4.79 Å². The van der Waals surface area contributed by atoms with E-state index in [-0.39, 0.29) is 10.8 Å². The number of nitrogens with one attached hydrogen (secondary N) is 2. The van der Waals surface area contributed by atoms with Crippen molar-refractivity contribution in [1.29, 1.82) is 0 Å². The summed E-state index contributed by atoms with van der Waals surface area (Å²) in [5.41, 5.74) is 6.17. The fourth-order valence-electron chi connectivity index (χ4n) is 0.878. The van der Waals surface area contributed by atoms with Crippen LogP contribution in [0.2, 0.25) is 0 Å². The average Bonchev–Trinajstić information content (AvgIpc) is 2.72. The molecule has 0 unspecified atom stereocenters. The molecule has 4 N–H and O–H groups in total. The van der Waals surface area contributed by atoms with Gasteiger partial charge >= 0.3 is 4.87 Å². The Balaban J connectivity index is 1.98. The highest BCUT2D eigenvalue weighted by atomic mass is 32.1. The summed E-state index contributed by atoms with van der Waals surface area (Å²) in [6.07, 6.45) is 0. The number of nitrogen functional groups attached to an aromatic ring is 1. The average molecular weight is 229 g/mol. The van der Waals surface area contributed by atoms with E-state index in [0.717, 1.165) is 17.0 Å². The summed E-state index contributed by atoms with van der Waals surface area (Å²) < 4.78 is 3.81. The lowest BCUT2D eigenvalue weighted by Gasteiger charge is -1.97. The molecule has 14 heavy (non-hydrogen) atoms. The number of hydrogen-bond acceptors (Lipinski definition) is 7. The van der Waals surface area contributed by atoms with Crippen LogP contribution < -0.4 is 15.9 Å². The predicted octanol–water partition coefficient (Wildman–Crippen LogP) is 0.482. The summed E-state index contributed by atoms with van der Waals surface area (Å²) in [4.78, 5) is 17.3. The summed E-state index contributed by atoms with van der Waals surface area (Å²) in [5, 5.41) is 5.41. The molecule has 0 amide bonds. The first-order valence-electron chi connectivity index (χ1n) is 3.74. The molecule has 0 bridgehead atoms. The number of anilines is 2. The highest BCUT2D eigenvalue weighted by Crippen LogP contribution is 2.12. The SMILES string of the molecule is Nc1nsc(NCc2csc(=O)[nH]2)n1. The highest BCUT2D eigenvalue weighted by Gasteiger charge is 2.00. The van der Waals surface area contributed by atoms with Gasteiger partial charge in [0.25, 0.3) is 0 Å². The van der Waals surface area contributed by atoms with E-state index in [1.54, 1.807) is 5.38 Å². The molecule has 8 heteroatoms. The third-order valence-corrected chi connectivity index (χ3v) is 2.85. The molecule has 0 radical (unpaired) electrons. The first-order valence-corrected chi connectivity index (χ1v) is 5.39. The number of aromatic amines is 1. The zero-order chi connectivity index (χ0) is 9.97. The summed E-state index contributed by atoms with van der Waals surface area (Å²) in [6.45, 7) is 0.521. The van der Waals surface area contributed by atoms with Gasteiger partial charge in [-0.05, 0) is 0 Å². The molecule has 6 nitrogen and oxygen atoms in total. The molecule has 0 aliphatic heterocycles. The smallest absolute Gasteiger partial charge is 0.304 e. The molecule has 2 heterocycles. The Bertz CT molecular complexity index is 472. The summed E-state index contributed by atoms with van der Waals surface area (Å²) >= 11 is 2.33. The number of rotatable bonds is 3. The second-order valence-corrected chi connectivity index (χ2v) is 4.08. The number of H-pyrrole nitrogens is 1. The third kappa shape index (κ3) is 2.09. The molecule has 2 aromatic heterocycles. The number of nitrogens with two attached hydrogens (primary N) is 1. The van der Waals surface area contributed by atoms with Crippen molar-refractivity contribution >= 4 is 33.9 Å². The fraction of sp³-hybridized carbons (Fsp3) is 0.167. The van der Waals surface area contributed by atoms with Gasteiger partial charge in [-0.1, -0.05) is 11.3 Å². The lowest BCUT2D eigenvalue weighted by Crippen LogP contribution is -2.02. The van der Waals surface area contributed by atoms with E-state index >= 15 is 0 Å². The van der Waals surface area contributed by atoms with Crippen LogP contribution in [0.4, 0.5) is 11.1 Å². The Kier molecular flexibility index (Phi) is 2.46. The fourth-order valence-corrected chi connectivity index (χ4v) is 1.95. The number of hydrogen-bond donors (Lipinski definition) is 3. The highest BCUT2D eigenvalue weighted by molar-refractivity contribution is 7.09. The molecule has 0 spiro atoms. The lowest BCUT2D eigenvalue weighted by atomic mass is 10.5. The van der Waals surface area contributed by atoms with Crippen LogP contribution in [0.1, 0.15) is 5.69 Å². The van der Waals surface area contributed by atoms with Crippen molar-refractivity contribution in [3.63, 3.8) is 0 Å². The minimum Gasteiger partial charge on any atom is -0.367 e. The maximum absolute atomic E-state index is 10.8. The Morgan fingerprint density at radius 3 is 3.07 bits per heavy atom. The van der Waals surface area contributed by atoms with Crippen LogP contribution in [0.15, 0.2) is 10.2 Å². The lowest BCUT2D eigenvalue weighted by molar-refractivity contribution is 1.05. The maximum Gasteiger partial charge on any atom is 0.304 e. The van der Waals surface area contributed by atoms with Crippen molar-refractivity contribution in [3.05, 3.63) is 20.7 Å². The van der Waals surface area contributed by atoms with E-state index < -0.39 is 0 Å². The van der Waals surface area contributed by atoms with Crippen molar-refractivity contribution in [2.24, 2.45) is 0 Å². The molecule has 0 fully saturated rings. The topological polar surface area (TPSA) is 96.7 Å². The first-order chi connectivity index (χ1) is 6.74. The van der Waals surface area contributed by atoms with Gasteiger partial charge < -0.3 is 16.0 Å². The zero-order valence-corrected chi connectivity index (χ0v) is 8.61. The molecule has 0 atom stereocenters. The standard InChI is InChI=1S/C6H7N5OS2/c7-4-10-5(14-11-4)8-1-3-2-13-6(12)9-3/h2H,1H2,(H,9,12)(H3,7,8,10,11). The van der Waals surface area contributed by atoms with Crippen molar-refractivity contribution < 1.29 is 0 Å². The van der Waals surface area contributed by atoms with E-state index in [2.05, 4.69) is 19.7 Å². The monoisotopic (exact) mass is 229 g/mol. The van der Waals surface area contributed by atoms with Crippen LogP contribution in [0.3, 0.4) is 0 Å². The van der Waals surface area contributed by atoms with Gasteiger partial charge in [0, 0.05) is 22.6 Å². The Hall–Kier alpha value is -1.41. The van der Waals surface area contributed by atoms with Gasteiger partial charge in [0.15, 0.2) is 0 Å². The van der Waals surface area contributed by atoms with Crippen molar-refractivity contribution in [3.8, 4) is 0 Å². The van der Waals surface area contributed by atoms with Gasteiger partial charge in [0.05, 0.1) is 6.54 Å². The minimum atomic E-state index is -0.0569. The summed E-state index contributed by atoms with van der Waals surface area (Å²) in [5.74, 6) is 0.260. The van der Waals surface area contributed by atoms with Gasteiger partial charge in [-0.3, -0.25) is 4.79 Å². The number of nitrogens with zero attached hydrogens (tertiary/aromatic N) is 2. The molecule has 2 rings (SSSR count). The Morgan fingerprint density at radius 1 is 1.64 bits per heavy atom. The predicted molar refractivity (Wildman–Crippen MR) is 56.6 cm³/mol. The second kappa shape index (κ2) is 3.76. The van der Waals surface area contributed by atoms with Crippen molar-refractivity contribution in [2.75, 3.05) is 11.1 Å². The molecule has 74 valence electrons. The van der Waals surface area contributed by atoms with Crippen LogP contribution >= 0.6 is 22.9 Å². The first kappa shape index (κ1) is 9.16. The van der Waals surface area contributed by atoms with E-state index in [4.69, 9.17) is 5.73 Å². The summed E-state index contributed by atoms with van der Waals surface area (Å²) in [6, 6.07) is 0. The van der Waals surface area contributed by atoms with Gasteiger partial charge in [-0.25, -0.2) is 0 Å². The van der Waals surface area contributed by atoms with Gasteiger partial charge in [-0.2, -0.15) is 9.36 Å². The zero-order valence-electron chi connectivity index (χ0n) is 6.98. The van der Waals surface area contributed by atoms with Gasteiger partial charge in [-0.15, -0.1) is 0 Å². The summed E-state index contributed by atoms with van der Waals surface area (Å²) in [7, 11) is 0. The molecule has 0 saturated carbocycles. The molecular formula is C6H7N5OS2. The van der Waals surface area contributed by atoms with E-state index in [1.165, 1.54) is 11.5 Å². The quantitative estimate of drug-likeness (QED) is 0.711. The largest absolute Gasteiger partial charge is 0.367 e. The van der Waals surface area contributed by atoms with Crippen LogP contribution in [0.5, 0.6) is 0 Å². The van der Waals surface area contributed by atoms with Crippen molar-refractivity contribution in [2.45, 2.75) is 6.54 Å². The number of thiazole rings is 1. The maximum atomic E-state index is 10.8. The normalized spacial score (nSPS) is 10.3. The Labute approximate surface area is 87.0 Å². The molecule has 0 aliphatic rings. The third-order valence-electron chi connectivity index (χ3n) is 1.44. The van der Waals surface area contributed by atoms with Crippen molar-refractivity contribution in [1.82, 2.24) is 14.3 Å². The van der Waals surface area contributed by atoms with Crippen LogP contribution in [-0.4, -0.2) is 14.3 Å². The minimum absolute atomic E-state index is 0.0569. The van der Waals surface area contributed by atoms with Crippen LogP contribution in [0, 0.1) is 0 Å². The molecule has 0 aromatic carbocycles. The van der Waals surface area contributed by atoms with E-state index in [1.807, 2.05) is 0 Å². The molecule has 0 aliphatic carbocycles. The Morgan fingerprint density at radius 2 is 2.50 bits per heavy atom.